The first-order chi connectivity index (χ1) is 8.60. The standard InChI is InChI=1S/C13H24N2O2S/c1-2-18(16,17)15-7-5-14(6-8-15)13-10-11-3-4-12(13)9-11/h11-13H,2-10H2,1H3/t11-,12-,13-/m1/s1. The number of sulfonamides is 1. The number of piperazine rings is 1. The molecular formula is C13H24N2O2S. The van der Waals surface area contributed by atoms with Crippen LogP contribution in [-0.2, 0) is 10.0 Å². The Labute approximate surface area is 110 Å². The van der Waals surface area contributed by atoms with Crippen LogP contribution in [-0.4, -0.2) is 55.6 Å². The van der Waals surface area contributed by atoms with Crippen molar-refractivity contribution in [2.45, 2.75) is 38.6 Å². The summed E-state index contributed by atoms with van der Waals surface area (Å²) < 4.78 is 25.3. The molecule has 1 heterocycles. The van der Waals surface area contributed by atoms with Crippen molar-refractivity contribution < 1.29 is 8.42 Å². The van der Waals surface area contributed by atoms with E-state index in [0.29, 0.717) is 13.1 Å². The Bertz CT molecular complexity index is 401. The van der Waals surface area contributed by atoms with E-state index in [-0.39, 0.29) is 5.75 Å². The van der Waals surface area contributed by atoms with E-state index >= 15 is 0 Å². The highest BCUT2D eigenvalue weighted by Crippen LogP contribution is 2.46. The van der Waals surface area contributed by atoms with E-state index in [1.54, 1.807) is 11.2 Å². The molecule has 0 spiro atoms. The number of hydrogen-bond acceptors (Lipinski definition) is 3. The van der Waals surface area contributed by atoms with Crippen molar-refractivity contribution in [1.29, 1.82) is 0 Å². The van der Waals surface area contributed by atoms with Gasteiger partial charge in [0.1, 0.15) is 0 Å². The lowest BCUT2D eigenvalue weighted by atomic mass is 9.93. The molecule has 0 radical (unpaired) electrons. The molecule has 1 saturated heterocycles. The van der Waals surface area contributed by atoms with E-state index < -0.39 is 10.0 Å². The van der Waals surface area contributed by atoms with Crippen LogP contribution in [0.1, 0.15) is 32.6 Å². The Morgan fingerprint density at radius 3 is 2.28 bits per heavy atom. The van der Waals surface area contributed by atoms with Gasteiger partial charge in [-0.15, -0.1) is 0 Å². The minimum absolute atomic E-state index is 0.237. The summed E-state index contributed by atoms with van der Waals surface area (Å²) in [6, 6.07) is 0.759. The van der Waals surface area contributed by atoms with E-state index in [2.05, 4.69) is 4.90 Å². The first kappa shape index (κ1) is 12.9. The van der Waals surface area contributed by atoms with Crippen molar-refractivity contribution in [2.24, 2.45) is 11.8 Å². The maximum atomic E-state index is 11.8. The van der Waals surface area contributed by atoms with Gasteiger partial charge in [-0.25, -0.2) is 8.42 Å². The molecule has 0 N–H and O–H groups in total. The zero-order valence-electron chi connectivity index (χ0n) is 11.2. The quantitative estimate of drug-likeness (QED) is 0.773. The van der Waals surface area contributed by atoms with Crippen LogP contribution in [0.5, 0.6) is 0 Å². The van der Waals surface area contributed by atoms with Crippen molar-refractivity contribution >= 4 is 10.0 Å². The van der Waals surface area contributed by atoms with E-state index in [0.717, 1.165) is 31.0 Å². The zero-order chi connectivity index (χ0) is 12.8. The molecule has 0 amide bonds. The maximum absolute atomic E-state index is 11.8. The average molecular weight is 272 g/mol. The van der Waals surface area contributed by atoms with Crippen LogP contribution >= 0.6 is 0 Å². The Kier molecular flexibility index (Phi) is 3.41. The predicted molar refractivity (Wildman–Crippen MR) is 71.8 cm³/mol. The summed E-state index contributed by atoms with van der Waals surface area (Å²) >= 11 is 0. The minimum Gasteiger partial charge on any atom is -0.297 e. The number of fused-ring (bicyclic) bond motifs is 2. The van der Waals surface area contributed by atoms with Crippen LogP contribution in [0.3, 0.4) is 0 Å². The molecule has 2 aliphatic carbocycles. The van der Waals surface area contributed by atoms with Gasteiger partial charge in [-0.05, 0) is 38.0 Å². The SMILES string of the molecule is CCS(=O)(=O)N1CCN([C@@H]2C[C@@H]3CC[C@@H]2C3)CC1. The van der Waals surface area contributed by atoms with Crippen molar-refractivity contribution in [3.05, 3.63) is 0 Å². The second-order valence-electron chi connectivity index (χ2n) is 6.08. The van der Waals surface area contributed by atoms with Crippen LogP contribution in [0.15, 0.2) is 0 Å². The number of nitrogens with zero attached hydrogens (tertiary/aromatic N) is 2. The lowest BCUT2D eigenvalue weighted by Gasteiger charge is -2.40. The summed E-state index contributed by atoms with van der Waals surface area (Å²) in [6.45, 7) is 5.01. The van der Waals surface area contributed by atoms with Gasteiger partial charge in [0.25, 0.3) is 0 Å². The van der Waals surface area contributed by atoms with E-state index in [9.17, 15) is 8.42 Å². The van der Waals surface area contributed by atoms with Crippen LogP contribution in [0.2, 0.25) is 0 Å². The van der Waals surface area contributed by atoms with Crippen molar-refractivity contribution in [2.75, 3.05) is 31.9 Å². The lowest BCUT2D eigenvalue weighted by molar-refractivity contribution is 0.101. The highest BCUT2D eigenvalue weighted by atomic mass is 32.2. The molecule has 1 aliphatic heterocycles. The van der Waals surface area contributed by atoms with E-state index in [1.165, 1.54) is 25.7 Å². The largest absolute Gasteiger partial charge is 0.297 e. The zero-order valence-corrected chi connectivity index (χ0v) is 12.0. The van der Waals surface area contributed by atoms with Crippen LogP contribution in [0.25, 0.3) is 0 Å². The Morgan fingerprint density at radius 1 is 1.06 bits per heavy atom. The summed E-state index contributed by atoms with van der Waals surface area (Å²) in [5.41, 5.74) is 0. The molecule has 0 unspecified atom stereocenters. The molecule has 0 aromatic carbocycles. The molecule has 104 valence electrons. The second-order valence-corrected chi connectivity index (χ2v) is 8.34. The van der Waals surface area contributed by atoms with Crippen LogP contribution < -0.4 is 0 Å². The fourth-order valence-electron chi connectivity index (χ4n) is 4.15. The third-order valence-electron chi connectivity index (χ3n) is 5.20. The molecule has 18 heavy (non-hydrogen) atoms. The van der Waals surface area contributed by atoms with Gasteiger partial charge in [0.2, 0.25) is 10.0 Å². The third-order valence-corrected chi connectivity index (χ3v) is 7.08. The van der Waals surface area contributed by atoms with Gasteiger partial charge in [0, 0.05) is 32.2 Å². The topological polar surface area (TPSA) is 40.6 Å². The molecule has 4 nitrogen and oxygen atoms in total. The third kappa shape index (κ3) is 2.21. The fourth-order valence-corrected chi connectivity index (χ4v) is 5.24. The highest BCUT2D eigenvalue weighted by molar-refractivity contribution is 7.89. The van der Waals surface area contributed by atoms with Crippen molar-refractivity contribution in [3.63, 3.8) is 0 Å². The molecule has 3 fully saturated rings. The fraction of sp³-hybridized carbons (Fsp3) is 1.00. The van der Waals surface area contributed by atoms with Crippen LogP contribution in [0, 0.1) is 11.8 Å². The normalized spacial score (nSPS) is 38.4. The molecule has 3 aliphatic rings. The molecule has 3 rings (SSSR count). The predicted octanol–water partition coefficient (Wildman–Crippen LogP) is 1.14. The summed E-state index contributed by atoms with van der Waals surface area (Å²) in [5.74, 6) is 2.11. The Balaban J connectivity index is 1.58. The van der Waals surface area contributed by atoms with E-state index in [4.69, 9.17) is 0 Å². The average Bonchev–Trinajstić information content (AvgIpc) is 3.01. The monoisotopic (exact) mass is 272 g/mol. The molecular weight excluding hydrogens is 248 g/mol. The summed E-state index contributed by atoms with van der Waals surface area (Å²) in [5, 5.41) is 0. The van der Waals surface area contributed by atoms with Gasteiger partial charge in [-0.2, -0.15) is 4.31 Å². The smallest absolute Gasteiger partial charge is 0.213 e. The first-order valence-corrected chi connectivity index (χ1v) is 8.93. The summed E-state index contributed by atoms with van der Waals surface area (Å²) in [4.78, 5) is 2.56. The first-order valence-electron chi connectivity index (χ1n) is 7.32. The minimum atomic E-state index is -2.97. The highest BCUT2D eigenvalue weighted by Gasteiger charge is 2.43. The van der Waals surface area contributed by atoms with Crippen molar-refractivity contribution in [1.82, 2.24) is 9.21 Å². The number of rotatable bonds is 3. The number of hydrogen-bond donors (Lipinski definition) is 0. The Morgan fingerprint density at radius 2 is 1.78 bits per heavy atom. The second kappa shape index (κ2) is 4.76. The molecule has 2 saturated carbocycles. The Hall–Kier alpha value is -0.130. The van der Waals surface area contributed by atoms with Gasteiger partial charge in [0.05, 0.1) is 5.75 Å². The van der Waals surface area contributed by atoms with Gasteiger partial charge in [-0.3, -0.25) is 4.90 Å². The van der Waals surface area contributed by atoms with Gasteiger partial charge in [0.15, 0.2) is 0 Å². The molecule has 0 aromatic heterocycles. The van der Waals surface area contributed by atoms with Crippen LogP contribution in [0.4, 0.5) is 0 Å². The molecule has 2 bridgehead atoms. The molecule has 3 atom stereocenters. The van der Waals surface area contributed by atoms with Crippen molar-refractivity contribution in [3.8, 4) is 0 Å². The van der Waals surface area contributed by atoms with Gasteiger partial charge in [-0.1, -0.05) is 6.42 Å². The molecule has 0 aromatic rings. The molecule has 5 heteroatoms. The van der Waals surface area contributed by atoms with E-state index in [1.807, 2.05) is 0 Å². The maximum Gasteiger partial charge on any atom is 0.213 e. The lowest BCUT2D eigenvalue weighted by Crippen LogP contribution is -2.53. The van der Waals surface area contributed by atoms with Gasteiger partial charge < -0.3 is 0 Å². The summed E-state index contributed by atoms with van der Waals surface area (Å²) in [7, 11) is -2.97. The van der Waals surface area contributed by atoms with Gasteiger partial charge >= 0.3 is 0 Å². The summed E-state index contributed by atoms with van der Waals surface area (Å²) in [6.07, 6.45) is 5.64.